The number of anilines is 1. The van der Waals surface area contributed by atoms with E-state index in [2.05, 4.69) is 15.2 Å². The van der Waals surface area contributed by atoms with Gasteiger partial charge in [-0.05, 0) is 26.3 Å². The van der Waals surface area contributed by atoms with Gasteiger partial charge in [0.2, 0.25) is 5.91 Å². The second kappa shape index (κ2) is 5.17. The zero-order valence-corrected chi connectivity index (χ0v) is 11.9. The highest BCUT2D eigenvalue weighted by Gasteiger charge is 2.40. The van der Waals surface area contributed by atoms with Gasteiger partial charge in [0, 0.05) is 37.9 Å². The molecule has 3 N–H and O–H groups in total. The molecule has 1 saturated heterocycles. The molecule has 1 atom stereocenters. The van der Waals surface area contributed by atoms with Gasteiger partial charge in [-0.2, -0.15) is 0 Å². The number of amides is 1. The number of carbonyl (C=O) groups is 1. The minimum absolute atomic E-state index is 0.0944. The van der Waals surface area contributed by atoms with E-state index in [0.29, 0.717) is 13.1 Å². The third kappa shape index (κ3) is 2.56. The molecule has 0 spiro atoms. The summed E-state index contributed by atoms with van der Waals surface area (Å²) in [6, 6.07) is 3.99. The smallest absolute Gasteiger partial charge is 0.227 e. The van der Waals surface area contributed by atoms with Crippen molar-refractivity contribution >= 4 is 11.7 Å². The molecule has 5 heteroatoms. The summed E-state index contributed by atoms with van der Waals surface area (Å²) in [5, 5.41) is 2.75. The van der Waals surface area contributed by atoms with Gasteiger partial charge in [0.1, 0.15) is 5.82 Å². The third-order valence-corrected chi connectivity index (χ3v) is 3.86. The van der Waals surface area contributed by atoms with Crippen molar-refractivity contribution in [1.29, 1.82) is 0 Å². The molecule has 104 valence electrons. The van der Waals surface area contributed by atoms with Crippen molar-refractivity contribution in [2.75, 3.05) is 25.0 Å². The van der Waals surface area contributed by atoms with Gasteiger partial charge >= 0.3 is 0 Å². The van der Waals surface area contributed by atoms with Crippen LogP contribution in [-0.4, -0.2) is 31.0 Å². The molecule has 1 fully saturated rings. The molecular weight excluding hydrogens is 240 g/mol. The van der Waals surface area contributed by atoms with E-state index in [-0.39, 0.29) is 11.3 Å². The Morgan fingerprint density at radius 2 is 2.32 bits per heavy atom. The molecule has 1 aromatic rings. The third-order valence-electron chi connectivity index (χ3n) is 3.86. The summed E-state index contributed by atoms with van der Waals surface area (Å²) in [7, 11) is 1.69. The first-order valence-electron chi connectivity index (χ1n) is 6.64. The van der Waals surface area contributed by atoms with Crippen LogP contribution in [0.1, 0.15) is 24.6 Å². The number of nitrogens with two attached hydrogens (primary N) is 1. The minimum atomic E-state index is -0.341. The van der Waals surface area contributed by atoms with E-state index in [0.717, 1.165) is 30.0 Å². The molecule has 0 saturated carbocycles. The highest BCUT2D eigenvalue weighted by Crippen LogP contribution is 2.33. The minimum Gasteiger partial charge on any atom is -0.359 e. The van der Waals surface area contributed by atoms with E-state index in [9.17, 15) is 4.79 Å². The number of rotatable bonds is 3. The van der Waals surface area contributed by atoms with Crippen molar-refractivity contribution in [2.45, 2.75) is 26.8 Å². The van der Waals surface area contributed by atoms with Gasteiger partial charge in [-0.1, -0.05) is 6.07 Å². The summed E-state index contributed by atoms with van der Waals surface area (Å²) in [5.74, 6) is 1.02. The number of aromatic nitrogens is 1. The number of hydrogen-bond donors (Lipinski definition) is 2. The summed E-state index contributed by atoms with van der Waals surface area (Å²) in [5.41, 5.74) is 7.44. The predicted molar refractivity (Wildman–Crippen MR) is 75.9 cm³/mol. The molecule has 19 heavy (non-hydrogen) atoms. The molecule has 1 unspecified atom stereocenters. The second-order valence-electron chi connectivity index (χ2n) is 5.45. The summed E-state index contributed by atoms with van der Waals surface area (Å²) in [6.07, 6.45) is 0.840. The van der Waals surface area contributed by atoms with Crippen molar-refractivity contribution in [1.82, 2.24) is 10.3 Å². The average Bonchev–Trinajstić information content (AvgIpc) is 2.81. The number of pyridine rings is 1. The molecule has 2 heterocycles. The lowest BCUT2D eigenvalue weighted by Gasteiger charge is -2.24. The van der Waals surface area contributed by atoms with E-state index in [1.807, 2.05) is 26.0 Å². The normalized spacial score (nSPS) is 22.6. The number of nitrogens with zero attached hydrogens (tertiary/aromatic N) is 2. The first kappa shape index (κ1) is 13.8. The van der Waals surface area contributed by atoms with Crippen LogP contribution in [0.2, 0.25) is 0 Å². The summed E-state index contributed by atoms with van der Waals surface area (Å²) in [4.78, 5) is 18.7. The van der Waals surface area contributed by atoms with E-state index in [4.69, 9.17) is 5.73 Å². The van der Waals surface area contributed by atoms with Gasteiger partial charge in [-0.15, -0.1) is 0 Å². The maximum absolute atomic E-state index is 12.0. The molecule has 0 bridgehead atoms. The summed E-state index contributed by atoms with van der Waals surface area (Å²) < 4.78 is 0. The highest BCUT2D eigenvalue weighted by atomic mass is 16.2. The fourth-order valence-corrected chi connectivity index (χ4v) is 2.63. The van der Waals surface area contributed by atoms with Gasteiger partial charge in [-0.3, -0.25) is 4.79 Å². The van der Waals surface area contributed by atoms with Crippen molar-refractivity contribution in [3.05, 3.63) is 23.4 Å². The second-order valence-corrected chi connectivity index (χ2v) is 5.45. The number of aryl methyl sites for hydroxylation is 1. The van der Waals surface area contributed by atoms with Crippen LogP contribution in [0.5, 0.6) is 0 Å². The van der Waals surface area contributed by atoms with Crippen LogP contribution in [0.15, 0.2) is 12.1 Å². The molecule has 0 aromatic carbocycles. The molecule has 5 nitrogen and oxygen atoms in total. The van der Waals surface area contributed by atoms with Crippen molar-refractivity contribution < 1.29 is 4.79 Å². The van der Waals surface area contributed by atoms with Gasteiger partial charge in [0.05, 0.1) is 5.41 Å². The van der Waals surface area contributed by atoms with Crippen LogP contribution < -0.4 is 16.0 Å². The van der Waals surface area contributed by atoms with E-state index in [1.54, 1.807) is 7.05 Å². The Morgan fingerprint density at radius 1 is 1.58 bits per heavy atom. The maximum atomic E-state index is 12.0. The van der Waals surface area contributed by atoms with Crippen LogP contribution in [0.25, 0.3) is 0 Å². The van der Waals surface area contributed by atoms with Crippen LogP contribution in [-0.2, 0) is 11.3 Å². The fourth-order valence-electron chi connectivity index (χ4n) is 2.63. The fraction of sp³-hybridized carbons (Fsp3) is 0.571. The van der Waals surface area contributed by atoms with Crippen molar-refractivity contribution in [3.63, 3.8) is 0 Å². The standard InChI is InChI=1S/C14H22N4O/c1-10-4-5-11(8-15)12(17-10)18-7-6-14(2,9-18)13(19)16-3/h4-5H,6-9,15H2,1-3H3,(H,16,19). The first-order chi connectivity index (χ1) is 9.00. The molecule has 1 aromatic heterocycles. The van der Waals surface area contributed by atoms with Crippen LogP contribution in [0.3, 0.4) is 0 Å². The quantitative estimate of drug-likeness (QED) is 0.845. The molecule has 1 aliphatic heterocycles. The maximum Gasteiger partial charge on any atom is 0.227 e. The Bertz CT molecular complexity index is 488. The Kier molecular flexibility index (Phi) is 3.75. The van der Waals surface area contributed by atoms with Gasteiger partial charge < -0.3 is 16.0 Å². The van der Waals surface area contributed by atoms with E-state index < -0.39 is 0 Å². The Hall–Kier alpha value is -1.62. The molecule has 0 aliphatic carbocycles. The molecule has 2 rings (SSSR count). The van der Waals surface area contributed by atoms with Crippen LogP contribution >= 0.6 is 0 Å². The molecule has 1 aliphatic rings. The first-order valence-corrected chi connectivity index (χ1v) is 6.64. The van der Waals surface area contributed by atoms with E-state index >= 15 is 0 Å². The van der Waals surface area contributed by atoms with Gasteiger partial charge in [0.25, 0.3) is 0 Å². The Balaban J connectivity index is 2.26. The summed E-state index contributed by atoms with van der Waals surface area (Å²) >= 11 is 0. The summed E-state index contributed by atoms with van der Waals surface area (Å²) in [6.45, 7) is 5.97. The van der Waals surface area contributed by atoms with Crippen LogP contribution in [0.4, 0.5) is 5.82 Å². The number of carbonyl (C=O) groups excluding carboxylic acids is 1. The Morgan fingerprint density at radius 3 is 2.95 bits per heavy atom. The molecule has 1 amide bonds. The van der Waals surface area contributed by atoms with Crippen molar-refractivity contribution in [3.8, 4) is 0 Å². The largest absolute Gasteiger partial charge is 0.359 e. The zero-order chi connectivity index (χ0) is 14.0. The molecular formula is C14H22N4O. The van der Waals surface area contributed by atoms with Crippen molar-refractivity contribution in [2.24, 2.45) is 11.1 Å². The zero-order valence-electron chi connectivity index (χ0n) is 11.9. The highest BCUT2D eigenvalue weighted by molar-refractivity contribution is 5.83. The predicted octanol–water partition coefficient (Wildman–Crippen LogP) is 0.811. The van der Waals surface area contributed by atoms with E-state index in [1.165, 1.54) is 0 Å². The van der Waals surface area contributed by atoms with Crippen LogP contribution in [0, 0.1) is 12.3 Å². The number of hydrogen-bond acceptors (Lipinski definition) is 4. The SMILES string of the molecule is CNC(=O)C1(C)CCN(c2nc(C)ccc2CN)C1. The lowest BCUT2D eigenvalue weighted by molar-refractivity contribution is -0.128. The average molecular weight is 262 g/mol. The van der Waals surface area contributed by atoms with Gasteiger partial charge in [-0.25, -0.2) is 4.98 Å². The molecule has 0 radical (unpaired) electrons. The lowest BCUT2D eigenvalue weighted by atomic mass is 9.89. The monoisotopic (exact) mass is 262 g/mol. The number of nitrogens with one attached hydrogen (secondary N) is 1. The Labute approximate surface area is 114 Å². The van der Waals surface area contributed by atoms with Gasteiger partial charge in [0.15, 0.2) is 0 Å². The topological polar surface area (TPSA) is 71.2 Å². The lowest BCUT2D eigenvalue weighted by Crippen LogP contribution is -2.39.